The smallest absolute Gasteiger partial charge is 0.271 e. The van der Waals surface area contributed by atoms with Crippen LogP contribution < -0.4 is 14.9 Å². The van der Waals surface area contributed by atoms with E-state index in [0.717, 1.165) is 0 Å². The van der Waals surface area contributed by atoms with Gasteiger partial charge in [0, 0.05) is 11.1 Å². The molecule has 0 radical (unpaired) electrons. The Kier molecular flexibility index (Phi) is 5.14. The Balaban J connectivity index is 2.11. The Morgan fingerprint density at radius 3 is 2.26 bits per heavy atom. The summed E-state index contributed by atoms with van der Waals surface area (Å²) in [6.07, 6.45) is 1.37. The van der Waals surface area contributed by atoms with E-state index in [4.69, 9.17) is 9.47 Å². The molecule has 6 nitrogen and oxygen atoms in total. The number of hydrazone groups is 1. The monoisotopic (exact) mass is 318 g/mol. The van der Waals surface area contributed by atoms with Crippen molar-refractivity contribution in [2.45, 2.75) is 0 Å². The molecule has 0 saturated carbocycles. The van der Waals surface area contributed by atoms with Gasteiger partial charge >= 0.3 is 0 Å². The van der Waals surface area contributed by atoms with Crippen LogP contribution in [0, 0.1) is 5.82 Å². The van der Waals surface area contributed by atoms with Crippen molar-refractivity contribution in [2.75, 3.05) is 14.2 Å². The summed E-state index contributed by atoms with van der Waals surface area (Å²) >= 11 is 0. The van der Waals surface area contributed by atoms with Gasteiger partial charge < -0.3 is 14.6 Å². The number of carbonyl (C=O) groups is 1. The Morgan fingerprint density at radius 1 is 1.17 bits per heavy atom. The topological polar surface area (TPSA) is 80.2 Å². The Labute approximate surface area is 132 Å². The van der Waals surface area contributed by atoms with Gasteiger partial charge in [0.2, 0.25) is 5.75 Å². The summed E-state index contributed by atoms with van der Waals surface area (Å²) in [5, 5.41) is 13.6. The third-order valence-corrected chi connectivity index (χ3v) is 2.99. The maximum atomic E-state index is 12.8. The van der Waals surface area contributed by atoms with Crippen molar-refractivity contribution in [3.05, 3.63) is 53.3 Å². The number of benzene rings is 2. The minimum atomic E-state index is -0.473. The van der Waals surface area contributed by atoms with E-state index < -0.39 is 11.7 Å². The lowest BCUT2D eigenvalue weighted by molar-refractivity contribution is 0.0955. The number of nitrogens with one attached hydrogen (secondary N) is 1. The van der Waals surface area contributed by atoms with E-state index in [-0.39, 0.29) is 22.8 Å². The van der Waals surface area contributed by atoms with Crippen molar-refractivity contribution in [1.29, 1.82) is 0 Å². The molecule has 120 valence electrons. The number of amides is 1. The lowest BCUT2D eigenvalue weighted by Gasteiger charge is -2.09. The Bertz CT molecular complexity index is 704. The van der Waals surface area contributed by atoms with Crippen LogP contribution in [0.25, 0.3) is 0 Å². The zero-order valence-corrected chi connectivity index (χ0v) is 12.5. The van der Waals surface area contributed by atoms with E-state index in [1.165, 1.54) is 56.8 Å². The van der Waals surface area contributed by atoms with Gasteiger partial charge in [-0.3, -0.25) is 4.79 Å². The molecule has 0 fully saturated rings. The lowest BCUT2D eigenvalue weighted by atomic mass is 10.2. The molecule has 1 amide bonds. The molecule has 23 heavy (non-hydrogen) atoms. The number of hydrogen-bond acceptors (Lipinski definition) is 5. The van der Waals surface area contributed by atoms with Gasteiger partial charge in [-0.2, -0.15) is 5.10 Å². The Morgan fingerprint density at radius 2 is 1.74 bits per heavy atom. The molecule has 0 bridgehead atoms. The molecule has 0 aromatic heterocycles. The molecule has 0 heterocycles. The third-order valence-electron chi connectivity index (χ3n) is 2.99. The molecule has 2 aromatic rings. The first kappa shape index (κ1) is 16.3. The second kappa shape index (κ2) is 7.26. The van der Waals surface area contributed by atoms with Gasteiger partial charge in [-0.1, -0.05) is 0 Å². The molecule has 0 atom stereocenters. The lowest BCUT2D eigenvalue weighted by Crippen LogP contribution is -2.17. The highest BCUT2D eigenvalue weighted by molar-refractivity contribution is 5.94. The number of methoxy groups -OCH3 is 2. The fraction of sp³-hybridized carbons (Fsp3) is 0.125. The number of nitrogens with zero attached hydrogens (tertiary/aromatic N) is 1. The van der Waals surface area contributed by atoms with Crippen molar-refractivity contribution in [2.24, 2.45) is 5.10 Å². The van der Waals surface area contributed by atoms with Crippen LogP contribution in [-0.4, -0.2) is 31.4 Å². The number of hydrogen-bond donors (Lipinski definition) is 2. The first-order chi connectivity index (χ1) is 11.0. The zero-order valence-electron chi connectivity index (χ0n) is 12.5. The van der Waals surface area contributed by atoms with Crippen molar-refractivity contribution < 1.29 is 23.8 Å². The summed E-state index contributed by atoms with van der Waals surface area (Å²) in [7, 11) is 2.82. The molecule has 0 aliphatic carbocycles. The van der Waals surface area contributed by atoms with Gasteiger partial charge in [0.05, 0.1) is 20.4 Å². The van der Waals surface area contributed by atoms with Crippen LogP contribution in [-0.2, 0) is 0 Å². The van der Waals surface area contributed by atoms with Gasteiger partial charge in [0.25, 0.3) is 5.91 Å². The highest BCUT2D eigenvalue weighted by Crippen LogP contribution is 2.36. The average Bonchev–Trinajstić information content (AvgIpc) is 2.56. The van der Waals surface area contributed by atoms with E-state index in [0.29, 0.717) is 5.56 Å². The summed E-state index contributed by atoms with van der Waals surface area (Å²) in [6, 6.07) is 8.15. The maximum Gasteiger partial charge on any atom is 0.271 e. The largest absolute Gasteiger partial charge is 0.502 e. The van der Waals surface area contributed by atoms with Crippen LogP contribution in [0.15, 0.2) is 41.5 Å². The molecule has 0 aliphatic rings. The van der Waals surface area contributed by atoms with Crippen molar-refractivity contribution in [3.63, 3.8) is 0 Å². The average molecular weight is 318 g/mol. The minimum absolute atomic E-state index is 0.123. The summed E-state index contributed by atoms with van der Waals surface area (Å²) < 4.78 is 22.8. The molecule has 2 aromatic carbocycles. The summed E-state index contributed by atoms with van der Waals surface area (Å²) in [6.45, 7) is 0. The zero-order chi connectivity index (χ0) is 16.8. The molecule has 7 heteroatoms. The summed E-state index contributed by atoms with van der Waals surface area (Å²) in [5.41, 5.74) is 3.15. The number of halogens is 1. The van der Waals surface area contributed by atoms with Gasteiger partial charge in [0.15, 0.2) is 11.5 Å². The first-order valence-electron chi connectivity index (χ1n) is 6.59. The van der Waals surface area contributed by atoms with Crippen molar-refractivity contribution >= 4 is 12.1 Å². The molecule has 0 aliphatic heterocycles. The van der Waals surface area contributed by atoms with Gasteiger partial charge in [-0.25, -0.2) is 9.82 Å². The maximum absolute atomic E-state index is 12.8. The number of ether oxygens (including phenoxy) is 2. The third kappa shape index (κ3) is 3.97. The summed E-state index contributed by atoms with van der Waals surface area (Å²) in [4.78, 5) is 11.8. The molecule has 2 rings (SSSR count). The fourth-order valence-corrected chi connectivity index (χ4v) is 1.82. The molecular formula is C16H15FN2O4. The highest BCUT2D eigenvalue weighted by Gasteiger charge is 2.10. The predicted octanol–water partition coefficient (Wildman–Crippen LogP) is 2.31. The van der Waals surface area contributed by atoms with Crippen LogP contribution in [0.1, 0.15) is 15.9 Å². The van der Waals surface area contributed by atoms with Crippen molar-refractivity contribution in [3.8, 4) is 17.2 Å². The number of rotatable bonds is 5. The van der Waals surface area contributed by atoms with Crippen LogP contribution in [0.5, 0.6) is 17.2 Å². The SMILES string of the molecule is COc1cc(C=NNC(=O)c2ccc(F)cc2)cc(OC)c1O. The quantitative estimate of drug-likeness (QED) is 0.655. The molecule has 2 N–H and O–H groups in total. The number of aromatic hydroxyl groups is 1. The Hall–Kier alpha value is -3.09. The van der Waals surface area contributed by atoms with Crippen LogP contribution >= 0.6 is 0 Å². The van der Waals surface area contributed by atoms with Crippen molar-refractivity contribution in [1.82, 2.24) is 5.43 Å². The van der Waals surface area contributed by atoms with E-state index in [2.05, 4.69) is 10.5 Å². The minimum Gasteiger partial charge on any atom is -0.502 e. The number of carbonyl (C=O) groups excluding carboxylic acids is 1. The molecular weight excluding hydrogens is 303 g/mol. The fourth-order valence-electron chi connectivity index (χ4n) is 1.82. The van der Waals surface area contributed by atoms with Crippen LogP contribution in [0.4, 0.5) is 4.39 Å². The molecule has 0 saturated heterocycles. The first-order valence-corrected chi connectivity index (χ1v) is 6.59. The molecule has 0 spiro atoms. The second-order valence-electron chi connectivity index (χ2n) is 4.48. The van der Waals surface area contributed by atoms with Gasteiger partial charge in [-0.15, -0.1) is 0 Å². The number of phenols is 1. The standard InChI is InChI=1S/C16H15FN2O4/c1-22-13-7-10(8-14(23-2)15(13)20)9-18-19-16(21)11-3-5-12(17)6-4-11/h3-9,20H,1-2H3,(H,19,21). The van der Waals surface area contributed by atoms with E-state index in [9.17, 15) is 14.3 Å². The van der Waals surface area contributed by atoms with Crippen LogP contribution in [0.3, 0.4) is 0 Å². The van der Waals surface area contributed by atoms with E-state index in [1.54, 1.807) is 0 Å². The summed E-state index contributed by atoms with van der Waals surface area (Å²) in [5.74, 6) is -0.582. The van der Waals surface area contributed by atoms with Gasteiger partial charge in [-0.05, 0) is 36.4 Å². The van der Waals surface area contributed by atoms with E-state index >= 15 is 0 Å². The van der Waals surface area contributed by atoms with Crippen LogP contribution in [0.2, 0.25) is 0 Å². The normalized spacial score (nSPS) is 10.6. The van der Waals surface area contributed by atoms with Gasteiger partial charge in [0.1, 0.15) is 5.82 Å². The predicted molar refractivity (Wildman–Crippen MR) is 82.7 cm³/mol. The highest BCUT2D eigenvalue weighted by atomic mass is 19.1. The molecule has 0 unspecified atom stereocenters. The number of phenolic OH excluding ortho intramolecular Hbond substituents is 1. The second-order valence-corrected chi connectivity index (χ2v) is 4.48. The van der Waals surface area contributed by atoms with E-state index in [1.807, 2.05) is 0 Å².